The number of nitrogens with zero attached hydrogens (tertiary/aromatic N) is 4. The Morgan fingerprint density at radius 3 is 2.96 bits per heavy atom. The molecule has 2 amide bonds. The van der Waals surface area contributed by atoms with Crippen LogP contribution < -0.4 is 5.32 Å². The highest BCUT2D eigenvalue weighted by molar-refractivity contribution is 5.89. The number of urea groups is 1. The molecule has 0 radical (unpaired) electrons. The number of rotatable bonds is 5. The number of amides is 2. The molecule has 3 aromatic rings. The molecule has 0 atom stereocenters. The average molecular weight is 352 g/mol. The summed E-state index contributed by atoms with van der Waals surface area (Å²) in [7, 11) is 1.73. The summed E-state index contributed by atoms with van der Waals surface area (Å²) in [6.45, 7) is 2.23. The van der Waals surface area contributed by atoms with Crippen molar-refractivity contribution in [3.63, 3.8) is 0 Å². The van der Waals surface area contributed by atoms with E-state index >= 15 is 0 Å². The minimum Gasteiger partial charge on any atom is -0.361 e. The lowest BCUT2D eigenvalue weighted by molar-refractivity contribution is 0.219. The van der Waals surface area contributed by atoms with E-state index in [1.807, 2.05) is 37.3 Å². The van der Waals surface area contributed by atoms with E-state index in [1.54, 1.807) is 11.9 Å². The number of carbonyl (C=O) groups is 1. The number of aromatic nitrogens is 4. The number of benzene rings is 1. The zero-order valence-electron chi connectivity index (χ0n) is 14.7. The van der Waals surface area contributed by atoms with Gasteiger partial charge in [-0.3, -0.25) is 5.10 Å². The summed E-state index contributed by atoms with van der Waals surface area (Å²) >= 11 is 0. The van der Waals surface area contributed by atoms with Gasteiger partial charge in [0, 0.05) is 30.3 Å². The Hall–Kier alpha value is -3.16. The van der Waals surface area contributed by atoms with Crippen LogP contribution >= 0.6 is 0 Å². The van der Waals surface area contributed by atoms with Gasteiger partial charge in [-0.15, -0.1) is 0 Å². The second-order valence-corrected chi connectivity index (χ2v) is 6.61. The van der Waals surface area contributed by atoms with Crippen molar-refractivity contribution in [3.8, 4) is 11.4 Å². The number of H-pyrrole nitrogens is 1. The second-order valence-electron chi connectivity index (χ2n) is 6.61. The van der Waals surface area contributed by atoms with Crippen LogP contribution in [0.1, 0.15) is 36.0 Å². The topological polar surface area (TPSA) is 99.9 Å². The quantitative estimate of drug-likeness (QED) is 0.734. The van der Waals surface area contributed by atoms with Gasteiger partial charge in [0.05, 0.1) is 6.54 Å². The predicted octanol–water partition coefficient (Wildman–Crippen LogP) is 3.31. The van der Waals surface area contributed by atoms with Gasteiger partial charge in [-0.2, -0.15) is 5.10 Å². The molecule has 134 valence electrons. The van der Waals surface area contributed by atoms with Crippen LogP contribution in [0.3, 0.4) is 0 Å². The van der Waals surface area contributed by atoms with Crippen LogP contribution in [0, 0.1) is 6.92 Å². The minimum absolute atomic E-state index is 0.218. The average Bonchev–Trinajstić information content (AvgIpc) is 3.22. The highest BCUT2D eigenvalue weighted by Crippen LogP contribution is 2.40. The SMILES string of the molecule is Cc1nc(-c2cccc(NC(=O)N(C)Cc3cc(C4CC4)on3)c2)n[nH]1. The van der Waals surface area contributed by atoms with Crippen molar-refractivity contribution in [2.75, 3.05) is 12.4 Å². The van der Waals surface area contributed by atoms with Crippen LogP contribution in [0.25, 0.3) is 11.4 Å². The molecule has 4 rings (SSSR count). The number of aromatic amines is 1. The molecule has 2 aromatic heterocycles. The third kappa shape index (κ3) is 3.58. The fraction of sp³-hybridized carbons (Fsp3) is 0.333. The summed E-state index contributed by atoms with van der Waals surface area (Å²) in [5, 5.41) is 13.9. The number of anilines is 1. The Bertz CT molecular complexity index is 927. The molecule has 8 heteroatoms. The summed E-state index contributed by atoms with van der Waals surface area (Å²) in [5.41, 5.74) is 2.27. The number of hydrogen-bond acceptors (Lipinski definition) is 5. The fourth-order valence-electron chi connectivity index (χ4n) is 2.70. The highest BCUT2D eigenvalue weighted by atomic mass is 16.5. The summed E-state index contributed by atoms with van der Waals surface area (Å²) in [6.07, 6.45) is 2.32. The molecular formula is C18H20N6O2. The van der Waals surface area contributed by atoms with E-state index in [9.17, 15) is 4.79 Å². The first-order valence-electron chi connectivity index (χ1n) is 8.55. The van der Waals surface area contributed by atoms with Crippen LogP contribution in [-0.4, -0.2) is 38.3 Å². The highest BCUT2D eigenvalue weighted by Gasteiger charge is 2.28. The zero-order chi connectivity index (χ0) is 18.1. The van der Waals surface area contributed by atoms with Crippen molar-refractivity contribution >= 4 is 11.7 Å². The van der Waals surface area contributed by atoms with Crippen molar-refractivity contribution < 1.29 is 9.32 Å². The maximum Gasteiger partial charge on any atom is 0.321 e. The monoisotopic (exact) mass is 352 g/mol. The lowest BCUT2D eigenvalue weighted by Crippen LogP contribution is -2.30. The third-order valence-corrected chi connectivity index (χ3v) is 4.27. The van der Waals surface area contributed by atoms with Crippen molar-refractivity contribution in [2.45, 2.75) is 32.2 Å². The second kappa shape index (κ2) is 6.62. The van der Waals surface area contributed by atoms with Crippen molar-refractivity contribution in [2.24, 2.45) is 0 Å². The first-order valence-corrected chi connectivity index (χ1v) is 8.55. The van der Waals surface area contributed by atoms with Crippen LogP contribution in [0.5, 0.6) is 0 Å². The van der Waals surface area contributed by atoms with E-state index in [0.29, 0.717) is 24.0 Å². The molecule has 1 fully saturated rings. The first-order chi connectivity index (χ1) is 12.6. The zero-order valence-corrected chi connectivity index (χ0v) is 14.7. The lowest BCUT2D eigenvalue weighted by Gasteiger charge is -2.16. The van der Waals surface area contributed by atoms with Crippen LogP contribution in [0.4, 0.5) is 10.5 Å². The summed E-state index contributed by atoms with van der Waals surface area (Å²) < 4.78 is 5.33. The summed E-state index contributed by atoms with van der Waals surface area (Å²) in [5.74, 6) is 2.77. The molecular weight excluding hydrogens is 332 g/mol. The largest absolute Gasteiger partial charge is 0.361 e. The molecule has 1 aliphatic rings. The van der Waals surface area contributed by atoms with E-state index in [4.69, 9.17) is 4.52 Å². The molecule has 8 nitrogen and oxygen atoms in total. The standard InChI is InChI=1S/C18H20N6O2/c1-11-19-17(22-21-11)13-4-3-5-14(8-13)20-18(25)24(2)10-15-9-16(26-23-15)12-6-7-12/h3-5,8-9,12H,6-7,10H2,1-2H3,(H,20,25)(H,19,21,22). The van der Waals surface area contributed by atoms with Crippen LogP contribution in [-0.2, 0) is 6.54 Å². The third-order valence-electron chi connectivity index (χ3n) is 4.27. The molecule has 2 heterocycles. The molecule has 1 saturated carbocycles. The van der Waals surface area contributed by atoms with Crippen molar-refractivity contribution in [3.05, 3.63) is 47.6 Å². The summed E-state index contributed by atoms with van der Waals surface area (Å²) in [6, 6.07) is 9.15. The Morgan fingerprint density at radius 2 is 2.23 bits per heavy atom. The number of aryl methyl sites for hydroxylation is 1. The van der Waals surface area contributed by atoms with E-state index in [2.05, 4.69) is 25.7 Å². The number of hydrogen-bond donors (Lipinski definition) is 2. The Labute approximate surface area is 150 Å². The molecule has 0 aliphatic heterocycles. The Balaban J connectivity index is 1.40. The first kappa shape index (κ1) is 16.3. The minimum atomic E-state index is -0.218. The van der Waals surface area contributed by atoms with E-state index in [1.165, 1.54) is 0 Å². The van der Waals surface area contributed by atoms with Crippen LogP contribution in [0.2, 0.25) is 0 Å². The molecule has 0 saturated heterocycles. The summed E-state index contributed by atoms with van der Waals surface area (Å²) in [4.78, 5) is 18.3. The predicted molar refractivity (Wildman–Crippen MR) is 95.5 cm³/mol. The van der Waals surface area contributed by atoms with Gasteiger partial charge in [0.25, 0.3) is 0 Å². The van der Waals surface area contributed by atoms with E-state index < -0.39 is 0 Å². The van der Waals surface area contributed by atoms with Gasteiger partial charge in [-0.1, -0.05) is 17.3 Å². The molecule has 0 bridgehead atoms. The lowest BCUT2D eigenvalue weighted by atomic mass is 10.2. The van der Waals surface area contributed by atoms with Gasteiger partial charge in [-0.05, 0) is 31.9 Å². The normalized spacial score (nSPS) is 13.6. The van der Waals surface area contributed by atoms with Crippen molar-refractivity contribution in [1.82, 2.24) is 25.2 Å². The number of nitrogens with one attached hydrogen (secondary N) is 2. The molecule has 0 unspecified atom stereocenters. The molecule has 2 N–H and O–H groups in total. The van der Waals surface area contributed by atoms with Gasteiger partial charge in [0.1, 0.15) is 17.3 Å². The molecule has 1 aromatic carbocycles. The van der Waals surface area contributed by atoms with Gasteiger partial charge < -0.3 is 14.7 Å². The maximum atomic E-state index is 12.4. The van der Waals surface area contributed by atoms with Gasteiger partial charge in [-0.25, -0.2) is 9.78 Å². The van der Waals surface area contributed by atoms with Crippen molar-refractivity contribution in [1.29, 1.82) is 0 Å². The van der Waals surface area contributed by atoms with Gasteiger partial charge >= 0.3 is 6.03 Å². The fourth-order valence-corrected chi connectivity index (χ4v) is 2.70. The molecule has 26 heavy (non-hydrogen) atoms. The van der Waals surface area contributed by atoms with E-state index in [0.717, 1.165) is 35.7 Å². The van der Waals surface area contributed by atoms with Gasteiger partial charge in [0.2, 0.25) is 0 Å². The number of carbonyl (C=O) groups excluding carboxylic acids is 1. The van der Waals surface area contributed by atoms with Gasteiger partial charge in [0.15, 0.2) is 5.82 Å². The van der Waals surface area contributed by atoms with Crippen LogP contribution in [0.15, 0.2) is 34.9 Å². The molecule has 0 spiro atoms. The smallest absolute Gasteiger partial charge is 0.321 e. The Morgan fingerprint density at radius 1 is 1.38 bits per heavy atom. The Kier molecular flexibility index (Phi) is 4.16. The molecule has 1 aliphatic carbocycles. The maximum absolute atomic E-state index is 12.4. The van der Waals surface area contributed by atoms with E-state index in [-0.39, 0.29) is 6.03 Å².